The number of likely N-dealkylation sites (tertiary alicyclic amines) is 1. The normalized spacial score (nSPS) is 16.9. The standard InChI is InChI=1S/C28H31N3O5/c1-3-17-36-23-8-5-7-21(18-23)25-24(26(32)20-9-11-22(12-10-20)35-4-2)27(33)28(34)31(25)15-6-14-30-16-13-29-19-30/h5,7-13,16,18-19,25H,3-4,6,14-15,17H2,1-2H3,(H,32,33)/p+1. The van der Waals surface area contributed by atoms with Crippen LogP contribution in [0.15, 0.2) is 72.8 Å². The molecule has 4 rings (SSSR count). The first-order valence-electron chi connectivity index (χ1n) is 12.3. The molecular weight excluding hydrogens is 458 g/mol. The highest BCUT2D eigenvalue weighted by Crippen LogP contribution is 2.40. The molecule has 8 nitrogen and oxygen atoms in total. The van der Waals surface area contributed by atoms with Crippen LogP contribution in [0.1, 0.15) is 43.9 Å². The highest BCUT2D eigenvalue weighted by atomic mass is 16.5. The van der Waals surface area contributed by atoms with E-state index in [1.807, 2.05) is 61.4 Å². The summed E-state index contributed by atoms with van der Waals surface area (Å²) in [6.45, 7) is 6.03. The summed E-state index contributed by atoms with van der Waals surface area (Å²) >= 11 is 0. The minimum absolute atomic E-state index is 0.0751. The summed E-state index contributed by atoms with van der Waals surface area (Å²) in [6.07, 6.45) is 7.07. The number of aliphatic hydroxyl groups excluding tert-OH is 1. The lowest BCUT2D eigenvalue weighted by Crippen LogP contribution is -2.36. The summed E-state index contributed by atoms with van der Waals surface area (Å²) in [7, 11) is 0. The van der Waals surface area contributed by atoms with Gasteiger partial charge in [-0.3, -0.25) is 14.6 Å². The summed E-state index contributed by atoms with van der Waals surface area (Å²) in [4.78, 5) is 31.0. The largest absolute Gasteiger partial charge is 0.507 e. The molecule has 2 heterocycles. The van der Waals surface area contributed by atoms with Crippen molar-refractivity contribution in [3.8, 4) is 11.5 Å². The molecule has 36 heavy (non-hydrogen) atoms. The maximum absolute atomic E-state index is 13.3. The number of hydrogen-bond acceptors (Lipinski definition) is 5. The lowest BCUT2D eigenvalue weighted by molar-refractivity contribution is -0.695. The van der Waals surface area contributed by atoms with E-state index in [0.717, 1.165) is 6.42 Å². The van der Waals surface area contributed by atoms with Crippen LogP contribution in [0.4, 0.5) is 0 Å². The molecule has 1 amide bonds. The van der Waals surface area contributed by atoms with E-state index in [1.165, 1.54) is 0 Å². The molecule has 0 bridgehead atoms. The fourth-order valence-electron chi connectivity index (χ4n) is 4.37. The fraction of sp³-hybridized carbons (Fsp3) is 0.321. The number of imidazole rings is 1. The van der Waals surface area contributed by atoms with Crippen LogP contribution in [0.5, 0.6) is 11.5 Å². The van der Waals surface area contributed by atoms with Gasteiger partial charge in [0.15, 0.2) is 0 Å². The molecule has 0 saturated carbocycles. The second-order valence-corrected chi connectivity index (χ2v) is 8.57. The highest BCUT2D eigenvalue weighted by Gasteiger charge is 2.46. The zero-order valence-corrected chi connectivity index (χ0v) is 20.6. The van der Waals surface area contributed by atoms with Gasteiger partial charge in [-0.05, 0) is 55.3 Å². The van der Waals surface area contributed by atoms with Gasteiger partial charge in [0.2, 0.25) is 6.33 Å². The summed E-state index contributed by atoms with van der Waals surface area (Å²) in [5.41, 5.74) is 1.23. The van der Waals surface area contributed by atoms with E-state index >= 15 is 0 Å². The number of carbonyl (C=O) groups is 2. The molecule has 1 fully saturated rings. The predicted molar refractivity (Wildman–Crippen MR) is 134 cm³/mol. The Hall–Kier alpha value is -4.07. The van der Waals surface area contributed by atoms with Crippen LogP contribution < -0.4 is 14.0 Å². The highest BCUT2D eigenvalue weighted by molar-refractivity contribution is 6.46. The van der Waals surface area contributed by atoms with Gasteiger partial charge in [-0.25, -0.2) is 4.57 Å². The summed E-state index contributed by atoms with van der Waals surface area (Å²) in [5.74, 6) is -0.200. The number of hydrogen-bond donors (Lipinski definition) is 2. The van der Waals surface area contributed by atoms with Gasteiger partial charge in [0.1, 0.15) is 29.7 Å². The number of benzene rings is 2. The Kier molecular flexibility index (Phi) is 8.05. The smallest absolute Gasteiger partial charge is 0.295 e. The van der Waals surface area contributed by atoms with Gasteiger partial charge < -0.3 is 19.5 Å². The first-order valence-corrected chi connectivity index (χ1v) is 12.3. The number of rotatable bonds is 11. The van der Waals surface area contributed by atoms with Crippen molar-refractivity contribution in [2.45, 2.75) is 39.3 Å². The van der Waals surface area contributed by atoms with Crippen LogP contribution in [0.2, 0.25) is 0 Å². The first kappa shape index (κ1) is 25.0. The van der Waals surface area contributed by atoms with E-state index in [0.29, 0.717) is 55.4 Å². The number of nitrogens with one attached hydrogen (secondary N) is 1. The second kappa shape index (κ2) is 11.6. The quantitative estimate of drug-likeness (QED) is 0.183. The molecule has 0 spiro atoms. The molecule has 1 aliphatic rings. The number of aromatic nitrogens is 2. The molecule has 2 N–H and O–H groups in total. The Morgan fingerprint density at radius 2 is 1.89 bits per heavy atom. The number of Topliss-reactive ketones (excluding diaryl/α,β-unsaturated/α-hetero) is 1. The van der Waals surface area contributed by atoms with E-state index in [4.69, 9.17) is 9.47 Å². The van der Waals surface area contributed by atoms with Crippen LogP contribution in [0.3, 0.4) is 0 Å². The summed E-state index contributed by atoms with van der Waals surface area (Å²) < 4.78 is 13.3. The van der Waals surface area contributed by atoms with Gasteiger partial charge in [0, 0.05) is 18.5 Å². The number of ketones is 1. The maximum atomic E-state index is 13.3. The molecule has 1 unspecified atom stereocenters. The molecular formula is C28H32N3O5+. The van der Waals surface area contributed by atoms with Gasteiger partial charge in [0.05, 0.1) is 31.4 Å². The van der Waals surface area contributed by atoms with Crippen LogP contribution >= 0.6 is 0 Å². The van der Waals surface area contributed by atoms with Gasteiger partial charge in [0.25, 0.3) is 11.7 Å². The third-order valence-electron chi connectivity index (χ3n) is 6.04. The SMILES string of the molecule is CCCOc1cccc(C2/C(=C(\O)c3ccc(OCC)cc3)C(=O)C(=O)N2CCC[n+]2cc[nH]c2)c1. The minimum atomic E-state index is -0.724. The van der Waals surface area contributed by atoms with E-state index in [9.17, 15) is 14.7 Å². The number of aliphatic hydroxyl groups is 1. The van der Waals surface area contributed by atoms with Crippen molar-refractivity contribution in [1.82, 2.24) is 9.88 Å². The van der Waals surface area contributed by atoms with Crippen LogP contribution in [-0.2, 0) is 16.1 Å². The summed E-state index contributed by atoms with van der Waals surface area (Å²) in [6, 6.07) is 13.5. The Balaban J connectivity index is 1.71. The zero-order chi connectivity index (χ0) is 25.5. The second-order valence-electron chi connectivity index (χ2n) is 8.57. The number of H-pyrrole nitrogens is 1. The van der Waals surface area contributed by atoms with Crippen molar-refractivity contribution < 1.29 is 28.7 Å². The van der Waals surface area contributed by atoms with Crippen LogP contribution in [-0.4, -0.2) is 46.4 Å². The number of ether oxygens (including phenoxy) is 2. The number of aromatic amines is 1. The van der Waals surface area contributed by atoms with Crippen molar-refractivity contribution in [2.75, 3.05) is 19.8 Å². The number of carbonyl (C=O) groups excluding carboxylic acids is 2. The number of aryl methyl sites for hydroxylation is 1. The molecule has 2 aromatic carbocycles. The molecule has 3 aromatic rings. The third-order valence-corrected chi connectivity index (χ3v) is 6.04. The average molecular weight is 491 g/mol. The van der Waals surface area contributed by atoms with Crippen molar-refractivity contribution in [3.05, 3.63) is 84.0 Å². The third kappa shape index (κ3) is 5.43. The minimum Gasteiger partial charge on any atom is -0.507 e. The monoisotopic (exact) mass is 490 g/mol. The lowest BCUT2D eigenvalue weighted by Gasteiger charge is -2.25. The van der Waals surface area contributed by atoms with Gasteiger partial charge in [-0.2, -0.15) is 0 Å². The van der Waals surface area contributed by atoms with E-state index in [-0.39, 0.29) is 11.3 Å². The Morgan fingerprint density at radius 1 is 1.08 bits per heavy atom. The lowest BCUT2D eigenvalue weighted by atomic mass is 9.95. The average Bonchev–Trinajstić information content (AvgIpc) is 3.50. The molecule has 1 aliphatic heterocycles. The molecule has 0 radical (unpaired) electrons. The molecule has 1 saturated heterocycles. The topological polar surface area (TPSA) is 95.7 Å². The van der Waals surface area contributed by atoms with E-state index < -0.39 is 17.7 Å². The molecule has 188 valence electrons. The maximum Gasteiger partial charge on any atom is 0.295 e. The predicted octanol–water partition coefficient (Wildman–Crippen LogP) is 4.00. The van der Waals surface area contributed by atoms with Gasteiger partial charge in [-0.1, -0.05) is 19.1 Å². The Bertz CT molecular complexity index is 1220. The molecule has 1 atom stereocenters. The van der Waals surface area contributed by atoms with Crippen LogP contribution in [0.25, 0.3) is 5.76 Å². The van der Waals surface area contributed by atoms with E-state index in [2.05, 4.69) is 4.98 Å². The Morgan fingerprint density at radius 3 is 2.58 bits per heavy atom. The molecule has 8 heteroatoms. The zero-order valence-electron chi connectivity index (χ0n) is 20.6. The van der Waals surface area contributed by atoms with Crippen molar-refractivity contribution in [3.63, 3.8) is 0 Å². The van der Waals surface area contributed by atoms with Crippen molar-refractivity contribution >= 4 is 17.4 Å². The number of nitrogens with zero attached hydrogens (tertiary/aromatic N) is 2. The van der Waals surface area contributed by atoms with Crippen molar-refractivity contribution in [1.29, 1.82) is 0 Å². The van der Waals surface area contributed by atoms with Gasteiger partial charge >= 0.3 is 0 Å². The Labute approximate surface area is 210 Å². The summed E-state index contributed by atoms with van der Waals surface area (Å²) in [5, 5.41) is 11.3. The van der Waals surface area contributed by atoms with E-state index in [1.54, 1.807) is 29.2 Å². The number of amides is 1. The van der Waals surface area contributed by atoms with Crippen LogP contribution in [0, 0.1) is 0 Å². The fourth-order valence-corrected chi connectivity index (χ4v) is 4.37. The van der Waals surface area contributed by atoms with Gasteiger partial charge in [-0.15, -0.1) is 0 Å². The first-order chi connectivity index (χ1) is 17.5. The molecule has 1 aromatic heterocycles. The molecule has 0 aliphatic carbocycles. The van der Waals surface area contributed by atoms with Crippen molar-refractivity contribution in [2.24, 2.45) is 0 Å².